The first-order valence-electron chi connectivity index (χ1n) is 7.23. The number of nitrogens with one attached hydrogen (secondary N) is 2. The van der Waals surface area contributed by atoms with Crippen LogP contribution in [0, 0.1) is 0 Å². The van der Waals surface area contributed by atoms with Crippen molar-refractivity contribution in [3.05, 3.63) is 58.1 Å². The van der Waals surface area contributed by atoms with Gasteiger partial charge >= 0.3 is 0 Å². The van der Waals surface area contributed by atoms with Crippen LogP contribution in [0.3, 0.4) is 0 Å². The summed E-state index contributed by atoms with van der Waals surface area (Å²) in [6.45, 7) is 1.98. The van der Waals surface area contributed by atoms with Gasteiger partial charge in [0.2, 0.25) is 0 Å². The number of pyridine rings is 1. The minimum atomic E-state index is 0.0147. The molecule has 0 saturated carbocycles. The number of aryl methyl sites for hydroxylation is 1. The first kappa shape index (κ1) is 12.4. The fraction of sp³-hybridized carbons (Fsp3) is 0.235. The minimum absolute atomic E-state index is 0.0147. The molecule has 0 fully saturated rings. The zero-order valence-corrected chi connectivity index (χ0v) is 11.9. The summed E-state index contributed by atoms with van der Waals surface area (Å²) in [5, 5.41) is 4.38. The molecule has 2 aromatic heterocycles. The lowest BCUT2D eigenvalue weighted by molar-refractivity contribution is 0.644. The molecule has 3 heterocycles. The van der Waals surface area contributed by atoms with E-state index in [4.69, 9.17) is 0 Å². The Balaban J connectivity index is 1.96. The van der Waals surface area contributed by atoms with Crippen LogP contribution >= 0.6 is 0 Å². The molecule has 106 valence electrons. The molecular weight excluding hydrogens is 262 g/mol. The van der Waals surface area contributed by atoms with Crippen LogP contribution in [0.4, 0.5) is 0 Å². The van der Waals surface area contributed by atoms with Crippen molar-refractivity contribution in [3.63, 3.8) is 0 Å². The molecule has 2 N–H and O–H groups in total. The first-order valence-corrected chi connectivity index (χ1v) is 7.23. The van der Waals surface area contributed by atoms with E-state index in [0.29, 0.717) is 5.52 Å². The van der Waals surface area contributed by atoms with Crippen LogP contribution in [0.2, 0.25) is 0 Å². The van der Waals surface area contributed by atoms with Crippen molar-refractivity contribution in [2.45, 2.75) is 13.0 Å². The molecule has 21 heavy (non-hydrogen) atoms. The van der Waals surface area contributed by atoms with Gasteiger partial charge in [-0.15, -0.1) is 0 Å². The van der Waals surface area contributed by atoms with E-state index < -0.39 is 0 Å². The number of benzene rings is 1. The Morgan fingerprint density at radius 2 is 2.10 bits per heavy atom. The summed E-state index contributed by atoms with van der Waals surface area (Å²) in [5.41, 5.74) is 5.75. The molecule has 0 amide bonds. The third-order valence-corrected chi connectivity index (χ3v) is 4.30. The standard InChI is InChI=1S/C17H17N3O/c1-20-10-15(14-5-7-19-16(14)17(20)21)12-2-3-13-9-18-6-4-11(13)8-12/h2-3,5,7-8,10,18-19H,4,6,9H2,1H3. The van der Waals surface area contributed by atoms with E-state index in [1.165, 1.54) is 16.7 Å². The fourth-order valence-electron chi connectivity index (χ4n) is 3.14. The van der Waals surface area contributed by atoms with Crippen LogP contribution in [0.5, 0.6) is 0 Å². The number of hydrogen-bond acceptors (Lipinski definition) is 2. The van der Waals surface area contributed by atoms with Crippen molar-refractivity contribution in [1.82, 2.24) is 14.9 Å². The van der Waals surface area contributed by atoms with Crippen LogP contribution in [-0.2, 0) is 20.0 Å². The summed E-state index contributed by atoms with van der Waals surface area (Å²) >= 11 is 0. The van der Waals surface area contributed by atoms with Crippen molar-refractivity contribution in [2.75, 3.05) is 6.54 Å². The second-order valence-corrected chi connectivity index (χ2v) is 5.64. The molecule has 1 aliphatic rings. The van der Waals surface area contributed by atoms with Crippen LogP contribution < -0.4 is 10.9 Å². The molecule has 0 bridgehead atoms. The van der Waals surface area contributed by atoms with Gasteiger partial charge in [-0.25, -0.2) is 0 Å². The van der Waals surface area contributed by atoms with Gasteiger partial charge in [0.1, 0.15) is 5.52 Å². The maximum absolute atomic E-state index is 12.1. The Hall–Kier alpha value is -2.33. The molecule has 0 aliphatic carbocycles. The number of fused-ring (bicyclic) bond motifs is 2. The molecule has 4 nitrogen and oxygen atoms in total. The smallest absolute Gasteiger partial charge is 0.274 e. The second kappa shape index (κ2) is 4.60. The van der Waals surface area contributed by atoms with Crippen molar-refractivity contribution in [3.8, 4) is 11.1 Å². The highest BCUT2D eigenvalue weighted by molar-refractivity contribution is 5.94. The molecule has 4 rings (SSSR count). The van der Waals surface area contributed by atoms with Crippen molar-refractivity contribution in [1.29, 1.82) is 0 Å². The summed E-state index contributed by atoms with van der Waals surface area (Å²) in [6.07, 6.45) is 4.82. The third-order valence-electron chi connectivity index (χ3n) is 4.30. The van der Waals surface area contributed by atoms with Gasteiger partial charge < -0.3 is 14.9 Å². The number of nitrogens with zero attached hydrogens (tertiary/aromatic N) is 1. The van der Waals surface area contributed by atoms with E-state index in [1.807, 2.05) is 18.5 Å². The first-order chi connectivity index (χ1) is 10.2. The monoisotopic (exact) mass is 279 g/mol. The summed E-state index contributed by atoms with van der Waals surface area (Å²) in [6, 6.07) is 8.59. The topological polar surface area (TPSA) is 49.8 Å². The Morgan fingerprint density at radius 1 is 1.19 bits per heavy atom. The lowest BCUT2D eigenvalue weighted by Crippen LogP contribution is -2.23. The van der Waals surface area contributed by atoms with Gasteiger partial charge in [-0.3, -0.25) is 4.79 Å². The molecule has 0 atom stereocenters. The zero-order chi connectivity index (χ0) is 14.4. The summed E-state index contributed by atoms with van der Waals surface area (Å²) < 4.78 is 1.65. The Kier molecular flexibility index (Phi) is 2.72. The van der Waals surface area contributed by atoms with Gasteiger partial charge in [-0.2, -0.15) is 0 Å². The number of aromatic nitrogens is 2. The van der Waals surface area contributed by atoms with Gasteiger partial charge in [-0.05, 0) is 35.7 Å². The predicted octanol–water partition coefficient (Wildman–Crippen LogP) is 2.18. The van der Waals surface area contributed by atoms with E-state index in [0.717, 1.165) is 30.5 Å². The number of H-pyrrole nitrogens is 1. The van der Waals surface area contributed by atoms with Crippen LogP contribution in [0.25, 0.3) is 22.0 Å². The molecule has 0 spiro atoms. The summed E-state index contributed by atoms with van der Waals surface area (Å²) in [7, 11) is 1.80. The van der Waals surface area contributed by atoms with Crippen molar-refractivity contribution < 1.29 is 0 Å². The molecule has 0 unspecified atom stereocenters. The maximum Gasteiger partial charge on any atom is 0.274 e. The second-order valence-electron chi connectivity index (χ2n) is 5.64. The molecular formula is C17H17N3O. The van der Waals surface area contributed by atoms with Crippen LogP contribution in [0.1, 0.15) is 11.1 Å². The zero-order valence-electron chi connectivity index (χ0n) is 11.9. The Morgan fingerprint density at radius 3 is 3.00 bits per heavy atom. The molecule has 1 aromatic carbocycles. The Labute approximate surface area is 122 Å². The molecule has 0 radical (unpaired) electrons. The van der Waals surface area contributed by atoms with Gasteiger partial charge in [-0.1, -0.05) is 18.2 Å². The van der Waals surface area contributed by atoms with E-state index >= 15 is 0 Å². The van der Waals surface area contributed by atoms with Gasteiger partial charge in [0.05, 0.1) is 0 Å². The largest absolute Gasteiger partial charge is 0.357 e. The quantitative estimate of drug-likeness (QED) is 0.717. The lowest BCUT2D eigenvalue weighted by Gasteiger charge is -2.18. The van der Waals surface area contributed by atoms with Crippen LogP contribution in [-0.4, -0.2) is 16.1 Å². The van der Waals surface area contributed by atoms with Crippen molar-refractivity contribution >= 4 is 10.9 Å². The number of rotatable bonds is 1. The molecule has 0 saturated heterocycles. The van der Waals surface area contributed by atoms with Gasteiger partial charge in [0.15, 0.2) is 0 Å². The highest BCUT2D eigenvalue weighted by atomic mass is 16.1. The number of hydrogen-bond donors (Lipinski definition) is 2. The SMILES string of the molecule is Cn1cc(-c2ccc3c(c2)CCNC3)c2cc[nH]c2c1=O. The van der Waals surface area contributed by atoms with E-state index in [1.54, 1.807) is 11.6 Å². The van der Waals surface area contributed by atoms with E-state index in [-0.39, 0.29) is 5.56 Å². The summed E-state index contributed by atoms with van der Waals surface area (Å²) in [5.74, 6) is 0. The molecule has 1 aliphatic heterocycles. The van der Waals surface area contributed by atoms with E-state index in [9.17, 15) is 4.79 Å². The maximum atomic E-state index is 12.1. The third kappa shape index (κ3) is 1.91. The van der Waals surface area contributed by atoms with Gasteiger partial charge in [0.25, 0.3) is 5.56 Å². The van der Waals surface area contributed by atoms with Crippen molar-refractivity contribution in [2.24, 2.45) is 7.05 Å². The summed E-state index contributed by atoms with van der Waals surface area (Å²) in [4.78, 5) is 15.2. The molecule has 4 heteroatoms. The van der Waals surface area contributed by atoms with E-state index in [2.05, 4.69) is 28.5 Å². The number of aromatic amines is 1. The van der Waals surface area contributed by atoms with Crippen LogP contribution in [0.15, 0.2) is 41.5 Å². The average Bonchev–Trinajstić information content (AvgIpc) is 3.00. The minimum Gasteiger partial charge on any atom is -0.357 e. The average molecular weight is 279 g/mol. The molecule has 3 aromatic rings. The highest BCUT2D eigenvalue weighted by Crippen LogP contribution is 2.29. The Bertz CT molecular complexity index is 889. The predicted molar refractivity (Wildman–Crippen MR) is 84.4 cm³/mol. The lowest BCUT2D eigenvalue weighted by atomic mass is 9.95. The van der Waals surface area contributed by atoms with Gasteiger partial charge in [0, 0.05) is 36.9 Å². The highest BCUT2D eigenvalue weighted by Gasteiger charge is 2.13. The normalized spacial score (nSPS) is 14.3. The fourth-order valence-corrected chi connectivity index (χ4v) is 3.14.